The smallest absolute Gasteiger partial charge is 0.139 e. The third-order valence-corrected chi connectivity index (χ3v) is 3.90. The lowest BCUT2D eigenvalue weighted by Gasteiger charge is -2.11. The van der Waals surface area contributed by atoms with E-state index in [1.54, 1.807) is 13.2 Å². The molecule has 2 rings (SSSR count). The molecule has 6 heteroatoms. The highest BCUT2D eigenvalue weighted by Crippen LogP contribution is 2.32. The molecule has 20 heavy (non-hydrogen) atoms. The van der Waals surface area contributed by atoms with E-state index in [1.807, 2.05) is 18.2 Å². The molecule has 0 unspecified atom stereocenters. The van der Waals surface area contributed by atoms with Gasteiger partial charge in [-0.2, -0.15) is 0 Å². The summed E-state index contributed by atoms with van der Waals surface area (Å²) in [7, 11) is 1.60. The van der Waals surface area contributed by atoms with Gasteiger partial charge in [0.05, 0.1) is 16.6 Å². The molecule has 0 aliphatic carbocycles. The van der Waals surface area contributed by atoms with E-state index in [0.29, 0.717) is 17.1 Å². The predicted octanol–water partition coefficient (Wildman–Crippen LogP) is 5.08. The van der Waals surface area contributed by atoms with E-state index < -0.39 is 0 Å². The van der Waals surface area contributed by atoms with Crippen molar-refractivity contribution in [2.24, 2.45) is 0 Å². The second-order valence-electron chi connectivity index (χ2n) is 4.10. The Hall–Kier alpha value is -1.10. The van der Waals surface area contributed by atoms with Crippen LogP contribution in [0, 0.1) is 0 Å². The molecule has 0 fully saturated rings. The Kier molecular flexibility index (Phi) is 5.02. The Morgan fingerprint density at radius 2 is 2.00 bits per heavy atom. The first-order valence-electron chi connectivity index (χ1n) is 5.75. The minimum atomic E-state index is 0.0349. The van der Waals surface area contributed by atoms with Crippen molar-refractivity contribution in [1.82, 2.24) is 0 Å². The van der Waals surface area contributed by atoms with Crippen LogP contribution < -0.4 is 10.1 Å². The Morgan fingerprint density at radius 3 is 2.70 bits per heavy atom. The average Bonchev–Trinajstić information content (AvgIpc) is 2.42. The van der Waals surface area contributed by atoms with Crippen LogP contribution in [-0.2, 0) is 6.54 Å². The molecule has 0 radical (unpaired) electrons. The zero-order valence-electron chi connectivity index (χ0n) is 10.6. The number of halogens is 3. The summed E-state index contributed by atoms with van der Waals surface area (Å²) in [5.41, 5.74) is 1.49. The van der Waals surface area contributed by atoms with Crippen LogP contribution in [0.3, 0.4) is 0 Å². The van der Waals surface area contributed by atoms with Crippen LogP contribution in [0.1, 0.15) is 5.56 Å². The van der Waals surface area contributed by atoms with Crippen LogP contribution in [0.4, 0.5) is 5.69 Å². The standard InChI is InChI=1S/C14H12BrCl2NO2/c1-20-13-6-10(2-3-11(13)15)18-7-8-4-9(16)5-12(17)14(8)19/h2-6,18-19H,7H2,1H3. The highest BCUT2D eigenvalue weighted by atomic mass is 79.9. The second kappa shape index (κ2) is 6.57. The monoisotopic (exact) mass is 375 g/mol. The molecule has 0 saturated carbocycles. The number of rotatable bonds is 4. The molecule has 0 saturated heterocycles. The van der Waals surface area contributed by atoms with Gasteiger partial charge in [-0.05, 0) is 40.2 Å². The van der Waals surface area contributed by atoms with E-state index in [-0.39, 0.29) is 10.8 Å². The normalized spacial score (nSPS) is 10.4. The molecule has 0 heterocycles. The molecule has 2 N–H and O–H groups in total. The number of ether oxygens (including phenoxy) is 1. The third-order valence-electron chi connectivity index (χ3n) is 2.74. The van der Waals surface area contributed by atoms with Gasteiger partial charge in [-0.15, -0.1) is 0 Å². The van der Waals surface area contributed by atoms with Gasteiger partial charge in [-0.3, -0.25) is 0 Å². The van der Waals surface area contributed by atoms with Crippen molar-refractivity contribution in [2.75, 3.05) is 12.4 Å². The predicted molar refractivity (Wildman–Crippen MR) is 86.1 cm³/mol. The molecule has 0 spiro atoms. The first kappa shape index (κ1) is 15.3. The van der Waals surface area contributed by atoms with E-state index in [4.69, 9.17) is 27.9 Å². The molecule has 0 aromatic heterocycles. The molecule has 0 amide bonds. The van der Waals surface area contributed by atoms with Gasteiger partial charge in [-0.25, -0.2) is 0 Å². The lowest BCUT2D eigenvalue weighted by atomic mass is 10.2. The van der Waals surface area contributed by atoms with Crippen LogP contribution in [-0.4, -0.2) is 12.2 Å². The van der Waals surface area contributed by atoms with Gasteiger partial charge in [0, 0.05) is 28.9 Å². The highest BCUT2D eigenvalue weighted by molar-refractivity contribution is 9.10. The molecular weight excluding hydrogens is 365 g/mol. The molecule has 0 atom stereocenters. The summed E-state index contributed by atoms with van der Waals surface area (Å²) < 4.78 is 6.10. The molecule has 2 aromatic carbocycles. The van der Waals surface area contributed by atoms with Gasteiger partial charge in [0.15, 0.2) is 0 Å². The molecule has 0 aliphatic heterocycles. The van der Waals surface area contributed by atoms with Crippen molar-refractivity contribution in [3.8, 4) is 11.5 Å². The molecule has 2 aromatic rings. The minimum absolute atomic E-state index is 0.0349. The maximum absolute atomic E-state index is 9.88. The van der Waals surface area contributed by atoms with Crippen LogP contribution in [0.2, 0.25) is 10.0 Å². The molecule has 0 aliphatic rings. The fourth-order valence-electron chi connectivity index (χ4n) is 1.72. The first-order valence-corrected chi connectivity index (χ1v) is 7.30. The van der Waals surface area contributed by atoms with Crippen LogP contribution in [0.15, 0.2) is 34.8 Å². The summed E-state index contributed by atoms with van der Waals surface area (Å²) in [4.78, 5) is 0. The topological polar surface area (TPSA) is 41.5 Å². The first-order chi connectivity index (χ1) is 9.51. The average molecular weight is 377 g/mol. The highest BCUT2D eigenvalue weighted by Gasteiger charge is 2.08. The Balaban J connectivity index is 2.17. The Bertz CT molecular complexity index is 635. The number of aromatic hydroxyl groups is 1. The largest absolute Gasteiger partial charge is 0.506 e. The van der Waals surface area contributed by atoms with Crippen molar-refractivity contribution in [3.63, 3.8) is 0 Å². The van der Waals surface area contributed by atoms with Gasteiger partial charge < -0.3 is 15.2 Å². The van der Waals surface area contributed by atoms with Crippen molar-refractivity contribution >= 4 is 44.8 Å². The molecular formula is C14H12BrCl2NO2. The zero-order chi connectivity index (χ0) is 14.7. The molecule has 0 bridgehead atoms. The van der Waals surface area contributed by atoms with Gasteiger partial charge in [0.2, 0.25) is 0 Å². The fourth-order valence-corrected chi connectivity index (χ4v) is 2.67. The van der Waals surface area contributed by atoms with E-state index in [0.717, 1.165) is 15.9 Å². The lowest BCUT2D eigenvalue weighted by molar-refractivity contribution is 0.412. The number of phenols is 1. The lowest BCUT2D eigenvalue weighted by Crippen LogP contribution is -2.00. The maximum atomic E-state index is 9.88. The summed E-state index contributed by atoms with van der Waals surface area (Å²) in [5.74, 6) is 0.760. The third kappa shape index (κ3) is 3.51. The number of methoxy groups -OCH3 is 1. The van der Waals surface area contributed by atoms with Gasteiger partial charge in [0.1, 0.15) is 11.5 Å². The minimum Gasteiger partial charge on any atom is -0.506 e. The van der Waals surface area contributed by atoms with E-state index >= 15 is 0 Å². The van der Waals surface area contributed by atoms with Crippen molar-refractivity contribution < 1.29 is 9.84 Å². The van der Waals surface area contributed by atoms with Gasteiger partial charge in [-0.1, -0.05) is 23.2 Å². The number of anilines is 1. The number of nitrogens with one attached hydrogen (secondary N) is 1. The summed E-state index contributed by atoms with van der Waals surface area (Å²) >= 11 is 15.2. The summed E-state index contributed by atoms with van der Waals surface area (Å²) in [6.45, 7) is 0.400. The number of hydrogen-bond donors (Lipinski definition) is 2. The van der Waals surface area contributed by atoms with E-state index in [9.17, 15) is 5.11 Å². The van der Waals surface area contributed by atoms with Gasteiger partial charge >= 0.3 is 0 Å². The Morgan fingerprint density at radius 1 is 1.25 bits per heavy atom. The SMILES string of the molecule is COc1cc(NCc2cc(Cl)cc(Cl)c2O)ccc1Br. The summed E-state index contributed by atoms with van der Waals surface area (Å²) in [6, 6.07) is 8.81. The number of hydrogen-bond acceptors (Lipinski definition) is 3. The maximum Gasteiger partial charge on any atom is 0.139 e. The van der Waals surface area contributed by atoms with Crippen LogP contribution >= 0.6 is 39.1 Å². The fraction of sp³-hybridized carbons (Fsp3) is 0.143. The zero-order valence-corrected chi connectivity index (χ0v) is 13.7. The quantitative estimate of drug-likeness (QED) is 0.781. The van der Waals surface area contributed by atoms with E-state index in [2.05, 4.69) is 21.2 Å². The van der Waals surface area contributed by atoms with Gasteiger partial charge in [0.25, 0.3) is 0 Å². The summed E-state index contributed by atoms with van der Waals surface area (Å²) in [6.07, 6.45) is 0. The van der Waals surface area contributed by atoms with Crippen molar-refractivity contribution in [1.29, 1.82) is 0 Å². The summed E-state index contributed by atoms with van der Waals surface area (Å²) in [5, 5.41) is 13.8. The van der Waals surface area contributed by atoms with Crippen LogP contribution in [0.25, 0.3) is 0 Å². The van der Waals surface area contributed by atoms with E-state index in [1.165, 1.54) is 6.07 Å². The molecule has 3 nitrogen and oxygen atoms in total. The number of benzene rings is 2. The van der Waals surface area contributed by atoms with Crippen LogP contribution in [0.5, 0.6) is 11.5 Å². The van der Waals surface area contributed by atoms with Crippen molar-refractivity contribution in [2.45, 2.75) is 6.54 Å². The Labute approximate surface area is 135 Å². The second-order valence-corrected chi connectivity index (χ2v) is 5.80. The number of phenolic OH excluding ortho intramolecular Hbond substituents is 1. The molecule has 106 valence electrons. The van der Waals surface area contributed by atoms with Crippen molar-refractivity contribution in [3.05, 3.63) is 50.4 Å².